The van der Waals surface area contributed by atoms with Crippen molar-refractivity contribution in [1.82, 2.24) is 10.2 Å². The zero-order chi connectivity index (χ0) is 13.9. The summed E-state index contributed by atoms with van der Waals surface area (Å²) in [5.41, 5.74) is 2.53. The second-order valence-corrected chi connectivity index (χ2v) is 5.90. The van der Waals surface area contributed by atoms with Crippen LogP contribution in [-0.4, -0.2) is 37.1 Å². The van der Waals surface area contributed by atoms with Crippen molar-refractivity contribution in [3.8, 4) is 0 Å². The molecule has 2 amide bonds. The summed E-state index contributed by atoms with van der Waals surface area (Å²) in [6, 6.07) is 8.91. The SMILES string of the molecule is CN(Cc1ccccc1N1CCCC1)C(=O)NC1CC1. The minimum atomic E-state index is 0.0451. The van der Waals surface area contributed by atoms with Crippen molar-refractivity contribution in [3.63, 3.8) is 0 Å². The van der Waals surface area contributed by atoms with Crippen LogP contribution in [0, 0.1) is 0 Å². The molecule has 0 bridgehead atoms. The van der Waals surface area contributed by atoms with Gasteiger partial charge in [-0.2, -0.15) is 0 Å². The molecule has 0 atom stereocenters. The Labute approximate surface area is 120 Å². The van der Waals surface area contributed by atoms with Gasteiger partial charge in [0, 0.05) is 38.4 Å². The molecular formula is C16H23N3O. The van der Waals surface area contributed by atoms with Crippen molar-refractivity contribution in [3.05, 3.63) is 29.8 Å². The number of carbonyl (C=O) groups is 1. The van der Waals surface area contributed by atoms with Crippen molar-refractivity contribution >= 4 is 11.7 Å². The molecular weight excluding hydrogens is 250 g/mol. The Bertz CT molecular complexity index is 478. The normalized spacial score (nSPS) is 18.1. The number of para-hydroxylation sites is 1. The number of urea groups is 1. The molecule has 1 aromatic rings. The Morgan fingerprint density at radius 1 is 1.30 bits per heavy atom. The Hall–Kier alpha value is -1.71. The van der Waals surface area contributed by atoms with E-state index in [2.05, 4.69) is 34.5 Å². The first-order chi connectivity index (χ1) is 9.74. The molecule has 2 aliphatic rings. The van der Waals surface area contributed by atoms with Gasteiger partial charge < -0.3 is 15.1 Å². The molecule has 0 aromatic heterocycles. The van der Waals surface area contributed by atoms with E-state index < -0.39 is 0 Å². The number of benzene rings is 1. The van der Waals surface area contributed by atoms with Crippen molar-refractivity contribution in [2.75, 3.05) is 25.0 Å². The zero-order valence-corrected chi connectivity index (χ0v) is 12.1. The van der Waals surface area contributed by atoms with E-state index in [9.17, 15) is 4.79 Å². The van der Waals surface area contributed by atoms with E-state index in [1.54, 1.807) is 4.90 Å². The minimum absolute atomic E-state index is 0.0451. The molecule has 1 saturated carbocycles. The van der Waals surface area contributed by atoms with Gasteiger partial charge in [0.1, 0.15) is 0 Å². The molecule has 3 rings (SSSR count). The third-order valence-electron chi connectivity index (χ3n) is 4.10. The van der Waals surface area contributed by atoms with Gasteiger partial charge in [0.25, 0.3) is 0 Å². The number of hydrogen-bond donors (Lipinski definition) is 1. The van der Waals surface area contributed by atoms with E-state index in [1.807, 2.05) is 7.05 Å². The number of hydrogen-bond acceptors (Lipinski definition) is 2. The van der Waals surface area contributed by atoms with Crippen LogP contribution in [0.2, 0.25) is 0 Å². The Balaban J connectivity index is 1.67. The molecule has 1 aliphatic heterocycles. The molecule has 20 heavy (non-hydrogen) atoms. The standard InChI is InChI=1S/C16H23N3O/c1-18(16(20)17-14-8-9-14)12-13-6-2-3-7-15(13)19-10-4-5-11-19/h2-3,6-7,14H,4-5,8-12H2,1H3,(H,17,20). The van der Waals surface area contributed by atoms with Gasteiger partial charge in [0.05, 0.1) is 0 Å². The monoisotopic (exact) mass is 273 g/mol. The summed E-state index contributed by atoms with van der Waals surface area (Å²) in [5, 5.41) is 3.04. The smallest absolute Gasteiger partial charge is 0.317 e. The Morgan fingerprint density at radius 3 is 2.70 bits per heavy atom. The van der Waals surface area contributed by atoms with Crippen molar-refractivity contribution < 1.29 is 4.79 Å². The fraction of sp³-hybridized carbons (Fsp3) is 0.562. The van der Waals surface area contributed by atoms with Crippen molar-refractivity contribution in [1.29, 1.82) is 0 Å². The lowest BCUT2D eigenvalue weighted by molar-refractivity contribution is 0.206. The molecule has 2 fully saturated rings. The van der Waals surface area contributed by atoms with Gasteiger partial charge in [-0.05, 0) is 37.3 Å². The molecule has 4 nitrogen and oxygen atoms in total. The van der Waals surface area contributed by atoms with E-state index in [0.717, 1.165) is 25.9 Å². The maximum Gasteiger partial charge on any atom is 0.317 e. The molecule has 1 saturated heterocycles. The zero-order valence-electron chi connectivity index (χ0n) is 12.1. The lowest BCUT2D eigenvalue weighted by Gasteiger charge is -2.24. The van der Waals surface area contributed by atoms with Gasteiger partial charge in [-0.25, -0.2) is 4.79 Å². The van der Waals surface area contributed by atoms with E-state index in [1.165, 1.54) is 24.1 Å². The van der Waals surface area contributed by atoms with Crippen molar-refractivity contribution in [2.45, 2.75) is 38.3 Å². The first-order valence-corrected chi connectivity index (χ1v) is 7.58. The summed E-state index contributed by atoms with van der Waals surface area (Å²) in [7, 11) is 1.87. The summed E-state index contributed by atoms with van der Waals surface area (Å²) in [5.74, 6) is 0. The minimum Gasteiger partial charge on any atom is -0.371 e. The Morgan fingerprint density at radius 2 is 2.00 bits per heavy atom. The predicted molar refractivity (Wildman–Crippen MR) is 80.9 cm³/mol. The van der Waals surface area contributed by atoms with Crippen LogP contribution in [0.3, 0.4) is 0 Å². The number of nitrogens with one attached hydrogen (secondary N) is 1. The van der Waals surface area contributed by atoms with Crippen LogP contribution in [0.15, 0.2) is 24.3 Å². The predicted octanol–water partition coefficient (Wildman–Crippen LogP) is 2.59. The molecule has 4 heteroatoms. The third-order valence-corrected chi connectivity index (χ3v) is 4.10. The molecule has 1 heterocycles. The van der Waals surface area contributed by atoms with Gasteiger partial charge >= 0.3 is 6.03 Å². The number of rotatable bonds is 4. The lowest BCUT2D eigenvalue weighted by Crippen LogP contribution is -2.38. The molecule has 0 unspecified atom stereocenters. The maximum atomic E-state index is 12.0. The summed E-state index contributed by atoms with van der Waals surface area (Å²) < 4.78 is 0. The van der Waals surface area contributed by atoms with Gasteiger partial charge in [-0.1, -0.05) is 18.2 Å². The highest BCUT2D eigenvalue weighted by Gasteiger charge is 2.25. The van der Waals surface area contributed by atoms with Crippen LogP contribution in [0.1, 0.15) is 31.2 Å². The summed E-state index contributed by atoms with van der Waals surface area (Å²) in [6.07, 6.45) is 4.80. The third kappa shape index (κ3) is 3.06. The fourth-order valence-electron chi connectivity index (χ4n) is 2.75. The van der Waals surface area contributed by atoms with Crippen LogP contribution in [0.5, 0.6) is 0 Å². The second kappa shape index (κ2) is 5.73. The average Bonchev–Trinajstić information content (AvgIpc) is 3.10. The summed E-state index contributed by atoms with van der Waals surface area (Å²) >= 11 is 0. The van der Waals surface area contributed by atoms with Crippen LogP contribution >= 0.6 is 0 Å². The van der Waals surface area contributed by atoms with E-state index in [0.29, 0.717) is 12.6 Å². The Kier molecular flexibility index (Phi) is 3.81. The number of nitrogens with zero attached hydrogens (tertiary/aromatic N) is 2. The maximum absolute atomic E-state index is 12.0. The molecule has 0 spiro atoms. The molecule has 1 aromatic carbocycles. The summed E-state index contributed by atoms with van der Waals surface area (Å²) in [4.78, 5) is 16.2. The first kappa shape index (κ1) is 13.3. The van der Waals surface area contributed by atoms with Gasteiger partial charge in [-0.15, -0.1) is 0 Å². The van der Waals surface area contributed by atoms with E-state index >= 15 is 0 Å². The van der Waals surface area contributed by atoms with Crippen LogP contribution in [0.4, 0.5) is 10.5 Å². The molecule has 108 valence electrons. The number of carbonyl (C=O) groups excluding carboxylic acids is 1. The van der Waals surface area contributed by atoms with Crippen LogP contribution in [-0.2, 0) is 6.54 Å². The largest absolute Gasteiger partial charge is 0.371 e. The highest BCUT2D eigenvalue weighted by Crippen LogP contribution is 2.25. The first-order valence-electron chi connectivity index (χ1n) is 7.58. The van der Waals surface area contributed by atoms with Gasteiger partial charge in [0.15, 0.2) is 0 Å². The molecule has 0 radical (unpaired) electrons. The molecule has 1 aliphatic carbocycles. The van der Waals surface area contributed by atoms with Crippen LogP contribution in [0.25, 0.3) is 0 Å². The highest BCUT2D eigenvalue weighted by molar-refractivity contribution is 5.75. The quantitative estimate of drug-likeness (QED) is 0.915. The topological polar surface area (TPSA) is 35.6 Å². The lowest BCUT2D eigenvalue weighted by atomic mass is 10.1. The summed E-state index contributed by atoms with van der Waals surface area (Å²) in [6.45, 7) is 2.94. The van der Waals surface area contributed by atoms with E-state index in [4.69, 9.17) is 0 Å². The average molecular weight is 273 g/mol. The molecule has 1 N–H and O–H groups in total. The number of anilines is 1. The van der Waals surface area contributed by atoms with E-state index in [-0.39, 0.29) is 6.03 Å². The van der Waals surface area contributed by atoms with Gasteiger partial charge in [0.2, 0.25) is 0 Å². The van der Waals surface area contributed by atoms with Crippen molar-refractivity contribution in [2.24, 2.45) is 0 Å². The van der Waals surface area contributed by atoms with Gasteiger partial charge in [-0.3, -0.25) is 0 Å². The fourth-order valence-corrected chi connectivity index (χ4v) is 2.75. The number of amides is 2. The van der Waals surface area contributed by atoms with Crippen LogP contribution < -0.4 is 10.2 Å². The highest BCUT2D eigenvalue weighted by atomic mass is 16.2. The second-order valence-electron chi connectivity index (χ2n) is 5.90.